The number of likely N-dealkylation sites (tertiary alicyclic amines) is 1. The monoisotopic (exact) mass is 337 g/mol. The summed E-state index contributed by atoms with van der Waals surface area (Å²) in [7, 11) is 0. The molecule has 6 nitrogen and oxygen atoms in total. The number of rotatable bonds is 3. The lowest BCUT2D eigenvalue weighted by molar-refractivity contribution is -0.225. The highest BCUT2D eigenvalue weighted by Crippen LogP contribution is 2.28. The summed E-state index contributed by atoms with van der Waals surface area (Å²) in [5, 5.41) is 49.4. The first-order valence-corrected chi connectivity index (χ1v) is 7.15. The van der Waals surface area contributed by atoms with Crippen LogP contribution in [-0.4, -0.2) is 67.6 Å². The van der Waals surface area contributed by atoms with Crippen LogP contribution in [0.5, 0.6) is 0 Å². The molecule has 0 radical (unpaired) electrons. The van der Waals surface area contributed by atoms with Crippen molar-refractivity contribution in [3.63, 3.8) is 0 Å². The SMILES string of the molecule is OC[C@@H]1[C@@H](O)[C@H](O)[C@@H](O)C(O)N1Cc1ccc(Cl)c(Cl)c1. The van der Waals surface area contributed by atoms with Crippen molar-refractivity contribution in [3.8, 4) is 0 Å². The standard InChI is InChI=1S/C13H17Cl2NO5/c14-7-2-1-6(3-8(7)15)4-16-9(5-17)10(18)11(19)12(20)13(16)21/h1-3,9-13,17-21H,4-5H2/t9-,10-,11+,12-,13?/m1/s1. The van der Waals surface area contributed by atoms with Crippen molar-refractivity contribution < 1.29 is 25.5 Å². The lowest BCUT2D eigenvalue weighted by Crippen LogP contribution is -2.66. The Morgan fingerprint density at radius 2 is 1.62 bits per heavy atom. The van der Waals surface area contributed by atoms with E-state index in [1.807, 2.05) is 0 Å². The molecule has 21 heavy (non-hydrogen) atoms. The molecule has 5 N–H and O–H groups in total. The third-order valence-electron chi connectivity index (χ3n) is 3.70. The summed E-state index contributed by atoms with van der Waals surface area (Å²) in [5.74, 6) is 0. The van der Waals surface area contributed by atoms with E-state index in [1.54, 1.807) is 18.2 Å². The summed E-state index contributed by atoms with van der Waals surface area (Å²) < 4.78 is 0. The Morgan fingerprint density at radius 3 is 2.19 bits per heavy atom. The molecule has 1 aliphatic rings. The van der Waals surface area contributed by atoms with E-state index in [9.17, 15) is 25.5 Å². The largest absolute Gasteiger partial charge is 0.395 e. The Kier molecular flexibility index (Phi) is 5.45. The van der Waals surface area contributed by atoms with Crippen LogP contribution in [0.1, 0.15) is 5.56 Å². The van der Waals surface area contributed by atoms with E-state index in [0.717, 1.165) is 0 Å². The topological polar surface area (TPSA) is 104 Å². The number of halogens is 2. The first-order chi connectivity index (χ1) is 9.86. The summed E-state index contributed by atoms with van der Waals surface area (Å²) in [6.45, 7) is -0.368. The van der Waals surface area contributed by atoms with E-state index in [0.29, 0.717) is 15.6 Å². The maximum absolute atomic E-state index is 10.0. The highest BCUT2D eigenvalue weighted by atomic mass is 35.5. The molecule has 1 aromatic rings. The van der Waals surface area contributed by atoms with Gasteiger partial charge in [-0.05, 0) is 17.7 Å². The van der Waals surface area contributed by atoms with Crippen molar-refractivity contribution in [2.24, 2.45) is 0 Å². The fourth-order valence-corrected chi connectivity index (χ4v) is 2.79. The highest BCUT2D eigenvalue weighted by Gasteiger charge is 2.46. The van der Waals surface area contributed by atoms with Crippen LogP contribution >= 0.6 is 23.2 Å². The third kappa shape index (κ3) is 3.33. The van der Waals surface area contributed by atoms with Crippen molar-refractivity contribution in [2.75, 3.05) is 6.61 Å². The molecule has 1 saturated heterocycles. The molecule has 5 atom stereocenters. The van der Waals surface area contributed by atoms with Crippen LogP contribution in [0.25, 0.3) is 0 Å². The fourth-order valence-electron chi connectivity index (χ4n) is 2.47. The zero-order valence-corrected chi connectivity index (χ0v) is 12.5. The molecule has 1 aliphatic heterocycles. The van der Waals surface area contributed by atoms with E-state index < -0.39 is 37.2 Å². The van der Waals surface area contributed by atoms with Crippen LogP contribution in [0.15, 0.2) is 18.2 Å². The average Bonchev–Trinajstić information content (AvgIpc) is 2.46. The van der Waals surface area contributed by atoms with Gasteiger partial charge in [-0.25, -0.2) is 0 Å². The molecule has 0 aliphatic carbocycles. The molecule has 0 aromatic heterocycles. The highest BCUT2D eigenvalue weighted by molar-refractivity contribution is 6.42. The zero-order chi connectivity index (χ0) is 15.7. The van der Waals surface area contributed by atoms with Gasteiger partial charge in [-0.3, -0.25) is 4.90 Å². The van der Waals surface area contributed by atoms with Crippen LogP contribution in [-0.2, 0) is 6.54 Å². The smallest absolute Gasteiger partial charge is 0.136 e. The number of piperidine rings is 1. The second-order valence-electron chi connectivity index (χ2n) is 5.06. The first kappa shape index (κ1) is 16.9. The van der Waals surface area contributed by atoms with Gasteiger partial charge in [0.2, 0.25) is 0 Å². The lowest BCUT2D eigenvalue weighted by atomic mass is 9.92. The molecule has 1 unspecified atom stereocenters. The van der Waals surface area contributed by atoms with Crippen LogP contribution < -0.4 is 0 Å². The van der Waals surface area contributed by atoms with Crippen molar-refractivity contribution in [1.82, 2.24) is 4.90 Å². The van der Waals surface area contributed by atoms with E-state index >= 15 is 0 Å². The van der Waals surface area contributed by atoms with Gasteiger partial charge in [0.05, 0.1) is 22.7 Å². The van der Waals surface area contributed by atoms with Gasteiger partial charge in [-0.2, -0.15) is 0 Å². The van der Waals surface area contributed by atoms with Crippen molar-refractivity contribution >= 4 is 23.2 Å². The van der Waals surface area contributed by atoms with Gasteiger partial charge in [0.15, 0.2) is 0 Å². The van der Waals surface area contributed by atoms with Gasteiger partial charge in [0, 0.05) is 6.54 Å². The van der Waals surface area contributed by atoms with Gasteiger partial charge in [0.1, 0.15) is 24.5 Å². The number of hydrogen-bond acceptors (Lipinski definition) is 6. The Labute approximate surface area is 131 Å². The number of aliphatic hydroxyl groups excluding tert-OH is 5. The zero-order valence-electron chi connectivity index (χ0n) is 11.0. The van der Waals surface area contributed by atoms with E-state index in [4.69, 9.17) is 23.2 Å². The first-order valence-electron chi connectivity index (χ1n) is 6.39. The Balaban J connectivity index is 2.24. The van der Waals surface area contributed by atoms with E-state index in [1.165, 1.54) is 4.90 Å². The lowest BCUT2D eigenvalue weighted by Gasteiger charge is -2.46. The number of aliphatic hydroxyl groups is 5. The van der Waals surface area contributed by atoms with Gasteiger partial charge < -0.3 is 25.5 Å². The number of nitrogens with zero attached hydrogens (tertiary/aromatic N) is 1. The summed E-state index contributed by atoms with van der Waals surface area (Å²) in [6.07, 6.45) is -5.86. The maximum Gasteiger partial charge on any atom is 0.136 e. The van der Waals surface area contributed by atoms with Crippen molar-refractivity contribution in [2.45, 2.75) is 37.1 Å². The molecule has 1 fully saturated rings. The minimum Gasteiger partial charge on any atom is -0.395 e. The number of hydrogen-bond donors (Lipinski definition) is 5. The predicted molar refractivity (Wildman–Crippen MR) is 76.9 cm³/mol. The van der Waals surface area contributed by atoms with E-state index in [2.05, 4.69) is 0 Å². The Morgan fingerprint density at radius 1 is 0.952 bits per heavy atom. The molecular weight excluding hydrogens is 321 g/mol. The van der Waals surface area contributed by atoms with E-state index in [-0.39, 0.29) is 6.54 Å². The molecule has 118 valence electrons. The van der Waals surface area contributed by atoms with Crippen LogP contribution in [0, 0.1) is 0 Å². The molecule has 2 rings (SSSR count). The van der Waals surface area contributed by atoms with Crippen molar-refractivity contribution in [3.05, 3.63) is 33.8 Å². The number of benzene rings is 1. The van der Waals surface area contributed by atoms with Crippen LogP contribution in [0.3, 0.4) is 0 Å². The van der Waals surface area contributed by atoms with Crippen LogP contribution in [0.2, 0.25) is 10.0 Å². The third-order valence-corrected chi connectivity index (χ3v) is 4.44. The van der Waals surface area contributed by atoms with Crippen molar-refractivity contribution in [1.29, 1.82) is 0 Å². The van der Waals surface area contributed by atoms with Gasteiger partial charge in [-0.1, -0.05) is 29.3 Å². The van der Waals surface area contributed by atoms with Crippen LogP contribution in [0.4, 0.5) is 0 Å². The summed E-state index contributed by atoms with van der Waals surface area (Å²) in [4.78, 5) is 1.31. The molecule has 0 amide bonds. The van der Waals surface area contributed by atoms with Gasteiger partial charge in [0.25, 0.3) is 0 Å². The predicted octanol–water partition coefficient (Wildman–Crippen LogP) is -0.429. The molecular formula is C13H17Cl2NO5. The maximum atomic E-state index is 10.0. The summed E-state index contributed by atoms with van der Waals surface area (Å²) in [5.41, 5.74) is 0.678. The minimum atomic E-state index is -1.54. The molecule has 0 saturated carbocycles. The summed E-state index contributed by atoms with van der Waals surface area (Å²) >= 11 is 11.7. The van der Waals surface area contributed by atoms with Gasteiger partial charge in [-0.15, -0.1) is 0 Å². The Bertz CT molecular complexity index is 503. The molecule has 8 heteroatoms. The normalized spacial score (nSPS) is 34.1. The molecule has 0 spiro atoms. The molecule has 1 aromatic carbocycles. The quantitative estimate of drug-likeness (QED) is 0.512. The Hall–Kier alpha value is -0.440. The second kappa shape index (κ2) is 6.76. The molecule has 0 bridgehead atoms. The second-order valence-corrected chi connectivity index (χ2v) is 5.87. The van der Waals surface area contributed by atoms with Gasteiger partial charge >= 0.3 is 0 Å². The average molecular weight is 338 g/mol. The summed E-state index contributed by atoms with van der Waals surface area (Å²) in [6, 6.07) is 3.95. The fraction of sp³-hybridized carbons (Fsp3) is 0.538. The minimum absolute atomic E-state index is 0.115. The molecule has 1 heterocycles.